The van der Waals surface area contributed by atoms with E-state index >= 15 is 0 Å². The first-order valence-corrected chi connectivity index (χ1v) is 7.72. The quantitative estimate of drug-likeness (QED) is 0.582. The number of ether oxygens (including phenoxy) is 3. The molecule has 2 N–H and O–H groups in total. The van der Waals surface area contributed by atoms with E-state index in [1.165, 1.54) is 12.8 Å². The number of hydrogen-bond donors (Lipinski definition) is 1. The van der Waals surface area contributed by atoms with Crippen molar-refractivity contribution in [1.29, 1.82) is 0 Å². The molecule has 1 aliphatic rings. The third kappa shape index (κ3) is 4.65. The van der Waals surface area contributed by atoms with Gasteiger partial charge >= 0.3 is 0 Å². The Bertz CT molecular complexity index is 447. The molecule has 1 aliphatic carbocycles. The molecule has 1 saturated carbocycles. The summed E-state index contributed by atoms with van der Waals surface area (Å²) in [6.07, 6.45) is 3.35. The molecule has 1 unspecified atom stereocenters. The lowest BCUT2D eigenvalue weighted by molar-refractivity contribution is 0.00821. The number of nitrogens with two attached hydrogens (primary N) is 1. The van der Waals surface area contributed by atoms with Crippen LogP contribution in [-0.2, 0) is 11.2 Å². The van der Waals surface area contributed by atoms with Gasteiger partial charge in [-0.15, -0.1) is 0 Å². The van der Waals surface area contributed by atoms with E-state index in [1.54, 1.807) is 7.11 Å². The van der Waals surface area contributed by atoms with Crippen LogP contribution < -0.4 is 15.2 Å². The molecule has 0 spiro atoms. The van der Waals surface area contributed by atoms with Gasteiger partial charge in [-0.3, -0.25) is 0 Å². The number of methoxy groups -OCH3 is 1. The van der Waals surface area contributed by atoms with Crippen molar-refractivity contribution >= 4 is 15.9 Å². The fraction of sp³-hybridized carbons (Fsp3) is 0.600. The minimum absolute atomic E-state index is 0.111. The summed E-state index contributed by atoms with van der Waals surface area (Å²) in [6, 6.07) is 4.09. The first-order valence-electron chi connectivity index (χ1n) is 6.92. The molecule has 2 rings (SSSR count). The standard InChI is InChI=1S/C15H22BrNO3/c1-10(17)5-12-6-13(16)15(14(7-12)18-2)20-9-19-8-11-3-4-11/h6-7,10-11H,3-5,8-9,17H2,1-2H3. The minimum Gasteiger partial charge on any atom is -0.493 e. The molecule has 1 aromatic carbocycles. The van der Waals surface area contributed by atoms with E-state index in [2.05, 4.69) is 15.9 Å². The van der Waals surface area contributed by atoms with Gasteiger partial charge in [-0.1, -0.05) is 0 Å². The molecule has 0 aliphatic heterocycles. The Morgan fingerprint density at radius 3 is 2.75 bits per heavy atom. The Morgan fingerprint density at radius 1 is 1.40 bits per heavy atom. The van der Waals surface area contributed by atoms with Crippen molar-refractivity contribution in [1.82, 2.24) is 0 Å². The summed E-state index contributed by atoms with van der Waals surface area (Å²) in [5.41, 5.74) is 6.95. The highest BCUT2D eigenvalue weighted by Gasteiger charge is 2.21. The van der Waals surface area contributed by atoms with Crippen LogP contribution in [0.5, 0.6) is 11.5 Å². The zero-order chi connectivity index (χ0) is 14.5. The molecule has 20 heavy (non-hydrogen) atoms. The summed E-state index contributed by atoms with van der Waals surface area (Å²) < 4.78 is 17.4. The molecule has 0 amide bonds. The normalized spacial score (nSPS) is 16.0. The van der Waals surface area contributed by atoms with Crippen molar-refractivity contribution in [2.24, 2.45) is 11.7 Å². The van der Waals surface area contributed by atoms with Crippen LogP contribution in [0.2, 0.25) is 0 Å². The van der Waals surface area contributed by atoms with Crippen molar-refractivity contribution in [3.8, 4) is 11.5 Å². The van der Waals surface area contributed by atoms with Gasteiger partial charge in [0.2, 0.25) is 0 Å². The third-order valence-corrected chi connectivity index (χ3v) is 3.77. The van der Waals surface area contributed by atoms with Gasteiger partial charge in [-0.05, 0) is 65.7 Å². The summed E-state index contributed by atoms with van der Waals surface area (Å²) in [5.74, 6) is 2.11. The van der Waals surface area contributed by atoms with Crippen molar-refractivity contribution < 1.29 is 14.2 Å². The monoisotopic (exact) mass is 343 g/mol. The third-order valence-electron chi connectivity index (χ3n) is 3.18. The smallest absolute Gasteiger partial charge is 0.189 e. The molecule has 5 heteroatoms. The van der Waals surface area contributed by atoms with E-state index in [0.29, 0.717) is 11.5 Å². The topological polar surface area (TPSA) is 53.7 Å². The second-order valence-electron chi connectivity index (χ2n) is 5.37. The van der Waals surface area contributed by atoms with Crippen molar-refractivity contribution in [3.05, 3.63) is 22.2 Å². The molecule has 1 atom stereocenters. The van der Waals surface area contributed by atoms with Crippen LogP contribution in [0.1, 0.15) is 25.3 Å². The Morgan fingerprint density at radius 2 is 2.15 bits per heavy atom. The summed E-state index contributed by atoms with van der Waals surface area (Å²) in [7, 11) is 1.63. The van der Waals surface area contributed by atoms with Crippen molar-refractivity contribution in [3.63, 3.8) is 0 Å². The molecule has 0 aromatic heterocycles. The van der Waals surface area contributed by atoms with Gasteiger partial charge in [0.15, 0.2) is 18.3 Å². The van der Waals surface area contributed by atoms with Gasteiger partial charge < -0.3 is 19.9 Å². The zero-order valence-electron chi connectivity index (χ0n) is 12.0. The van der Waals surface area contributed by atoms with Gasteiger partial charge in [0.05, 0.1) is 18.2 Å². The predicted molar refractivity (Wildman–Crippen MR) is 82.2 cm³/mol. The lowest BCUT2D eigenvalue weighted by atomic mass is 10.1. The fourth-order valence-corrected chi connectivity index (χ4v) is 2.61. The summed E-state index contributed by atoms with van der Waals surface area (Å²) >= 11 is 3.52. The van der Waals surface area contributed by atoms with Crippen molar-refractivity contribution in [2.75, 3.05) is 20.5 Å². The first-order chi connectivity index (χ1) is 9.60. The van der Waals surface area contributed by atoms with E-state index in [9.17, 15) is 0 Å². The summed E-state index contributed by atoms with van der Waals surface area (Å²) in [4.78, 5) is 0. The van der Waals surface area contributed by atoms with E-state index in [4.69, 9.17) is 19.9 Å². The summed E-state index contributed by atoms with van der Waals surface area (Å²) in [5, 5.41) is 0. The Hall–Kier alpha value is -0.780. The van der Waals surface area contributed by atoms with Gasteiger partial charge in [0.25, 0.3) is 0 Å². The maximum atomic E-state index is 5.83. The van der Waals surface area contributed by atoms with E-state index < -0.39 is 0 Å². The van der Waals surface area contributed by atoms with E-state index in [1.807, 2.05) is 19.1 Å². The van der Waals surface area contributed by atoms with Gasteiger partial charge in [-0.25, -0.2) is 0 Å². The van der Waals surface area contributed by atoms with Crippen LogP contribution in [0.3, 0.4) is 0 Å². The molecule has 0 radical (unpaired) electrons. The second kappa shape index (κ2) is 7.29. The lowest BCUT2D eigenvalue weighted by Crippen LogP contribution is -2.17. The molecule has 1 fully saturated rings. The Kier molecular flexibility index (Phi) is 5.69. The maximum Gasteiger partial charge on any atom is 0.189 e. The van der Waals surface area contributed by atoms with Crippen LogP contribution in [-0.4, -0.2) is 26.6 Å². The molecule has 0 heterocycles. The van der Waals surface area contributed by atoms with Crippen LogP contribution in [0.25, 0.3) is 0 Å². The van der Waals surface area contributed by atoms with Gasteiger partial charge in [-0.2, -0.15) is 0 Å². The van der Waals surface area contributed by atoms with Crippen LogP contribution in [0, 0.1) is 5.92 Å². The average Bonchev–Trinajstić information content (AvgIpc) is 3.19. The Labute approximate surface area is 128 Å². The number of halogens is 1. The number of hydrogen-bond acceptors (Lipinski definition) is 4. The SMILES string of the molecule is COc1cc(CC(C)N)cc(Br)c1OCOCC1CC1. The highest BCUT2D eigenvalue weighted by Crippen LogP contribution is 2.37. The highest BCUT2D eigenvalue weighted by atomic mass is 79.9. The fourth-order valence-electron chi connectivity index (χ4n) is 2.00. The largest absolute Gasteiger partial charge is 0.493 e. The zero-order valence-corrected chi connectivity index (χ0v) is 13.6. The number of benzene rings is 1. The number of rotatable bonds is 8. The summed E-state index contributed by atoms with van der Waals surface area (Å²) in [6.45, 7) is 3.01. The van der Waals surface area contributed by atoms with E-state index in [-0.39, 0.29) is 12.8 Å². The highest BCUT2D eigenvalue weighted by molar-refractivity contribution is 9.10. The predicted octanol–water partition coefficient (Wildman–Crippen LogP) is 3.11. The Balaban J connectivity index is 1.98. The molecule has 0 bridgehead atoms. The molecule has 112 valence electrons. The van der Waals surface area contributed by atoms with Gasteiger partial charge in [0, 0.05) is 6.04 Å². The maximum absolute atomic E-state index is 5.83. The second-order valence-corrected chi connectivity index (χ2v) is 6.22. The molecular weight excluding hydrogens is 322 g/mol. The molecule has 1 aromatic rings. The lowest BCUT2D eigenvalue weighted by Gasteiger charge is -2.15. The van der Waals surface area contributed by atoms with Crippen LogP contribution in [0.4, 0.5) is 0 Å². The molecule has 4 nitrogen and oxygen atoms in total. The minimum atomic E-state index is 0.111. The average molecular weight is 344 g/mol. The van der Waals surface area contributed by atoms with Crippen molar-refractivity contribution in [2.45, 2.75) is 32.2 Å². The molecule has 0 saturated heterocycles. The van der Waals surface area contributed by atoms with Crippen LogP contribution in [0.15, 0.2) is 16.6 Å². The van der Waals surface area contributed by atoms with E-state index in [0.717, 1.165) is 29.0 Å². The van der Waals surface area contributed by atoms with Crippen LogP contribution >= 0.6 is 15.9 Å². The van der Waals surface area contributed by atoms with Gasteiger partial charge in [0.1, 0.15) is 0 Å². The first kappa shape index (κ1) is 15.6. The molecular formula is C15H22BrNO3.